The Labute approximate surface area is 91.4 Å². The van der Waals surface area contributed by atoms with Crippen molar-refractivity contribution in [3.8, 4) is 0 Å². The molecule has 1 amide bonds. The van der Waals surface area contributed by atoms with E-state index in [9.17, 15) is 4.79 Å². The number of amides is 1. The molecule has 1 fully saturated rings. The lowest BCUT2D eigenvalue weighted by molar-refractivity contribution is -0.125. The van der Waals surface area contributed by atoms with Gasteiger partial charge < -0.3 is 15.7 Å². The number of hydrogen-bond acceptors (Lipinski definition) is 3. The quantitative estimate of drug-likeness (QED) is 0.629. The van der Waals surface area contributed by atoms with E-state index in [-0.39, 0.29) is 24.6 Å². The van der Waals surface area contributed by atoms with Gasteiger partial charge in [-0.3, -0.25) is 4.79 Å². The SMILES string of the molecule is CCC1CCNC(C(=O)N[C@H](C)CO)C1. The molecule has 0 aromatic carbocycles. The van der Waals surface area contributed by atoms with E-state index in [1.165, 1.54) is 0 Å². The Balaban J connectivity index is 2.38. The molecule has 2 unspecified atom stereocenters. The topological polar surface area (TPSA) is 61.4 Å². The summed E-state index contributed by atoms with van der Waals surface area (Å²) in [6.07, 6.45) is 3.22. The van der Waals surface area contributed by atoms with E-state index in [1.54, 1.807) is 6.92 Å². The minimum absolute atomic E-state index is 0.00430. The highest BCUT2D eigenvalue weighted by atomic mass is 16.3. The molecule has 0 aromatic heterocycles. The van der Waals surface area contributed by atoms with Crippen LogP contribution in [0.2, 0.25) is 0 Å². The summed E-state index contributed by atoms with van der Waals surface area (Å²) < 4.78 is 0. The number of nitrogens with one attached hydrogen (secondary N) is 2. The van der Waals surface area contributed by atoms with Crippen LogP contribution < -0.4 is 10.6 Å². The Morgan fingerprint density at radius 2 is 2.40 bits per heavy atom. The first kappa shape index (κ1) is 12.5. The second-order valence-corrected chi connectivity index (χ2v) is 4.40. The normalized spacial score (nSPS) is 28.5. The maximum Gasteiger partial charge on any atom is 0.237 e. The molecule has 88 valence electrons. The van der Waals surface area contributed by atoms with Gasteiger partial charge in [0.15, 0.2) is 0 Å². The van der Waals surface area contributed by atoms with Gasteiger partial charge in [-0.05, 0) is 32.2 Å². The predicted molar refractivity (Wildman–Crippen MR) is 59.5 cm³/mol. The average Bonchev–Trinajstić information content (AvgIpc) is 2.28. The zero-order valence-corrected chi connectivity index (χ0v) is 9.62. The van der Waals surface area contributed by atoms with Gasteiger partial charge >= 0.3 is 0 Å². The molecule has 0 bridgehead atoms. The van der Waals surface area contributed by atoms with Crippen molar-refractivity contribution >= 4 is 5.91 Å². The number of aliphatic hydroxyl groups is 1. The number of rotatable bonds is 4. The van der Waals surface area contributed by atoms with Crippen LogP contribution in [-0.2, 0) is 4.79 Å². The Morgan fingerprint density at radius 3 is 3.00 bits per heavy atom. The molecule has 1 saturated heterocycles. The largest absolute Gasteiger partial charge is 0.394 e. The van der Waals surface area contributed by atoms with Gasteiger partial charge in [0, 0.05) is 6.04 Å². The van der Waals surface area contributed by atoms with Crippen LogP contribution in [0.25, 0.3) is 0 Å². The first-order valence-electron chi connectivity index (χ1n) is 5.82. The fourth-order valence-corrected chi connectivity index (χ4v) is 1.96. The van der Waals surface area contributed by atoms with E-state index in [0.717, 1.165) is 25.8 Å². The van der Waals surface area contributed by atoms with E-state index < -0.39 is 0 Å². The molecule has 0 radical (unpaired) electrons. The van der Waals surface area contributed by atoms with E-state index in [2.05, 4.69) is 17.6 Å². The zero-order valence-electron chi connectivity index (χ0n) is 9.62. The lowest BCUT2D eigenvalue weighted by Gasteiger charge is -2.29. The number of hydrogen-bond donors (Lipinski definition) is 3. The second-order valence-electron chi connectivity index (χ2n) is 4.40. The van der Waals surface area contributed by atoms with Crippen molar-refractivity contribution in [3.63, 3.8) is 0 Å². The van der Waals surface area contributed by atoms with Crippen LogP contribution in [0.15, 0.2) is 0 Å². The minimum Gasteiger partial charge on any atom is -0.394 e. The van der Waals surface area contributed by atoms with Crippen LogP contribution in [0.1, 0.15) is 33.1 Å². The van der Waals surface area contributed by atoms with Crippen molar-refractivity contribution in [2.75, 3.05) is 13.2 Å². The lowest BCUT2D eigenvalue weighted by Crippen LogP contribution is -2.51. The number of carbonyl (C=O) groups excluding carboxylic acids is 1. The molecule has 1 aliphatic rings. The van der Waals surface area contributed by atoms with Crippen molar-refractivity contribution in [2.45, 2.75) is 45.2 Å². The van der Waals surface area contributed by atoms with Gasteiger partial charge in [-0.15, -0.1) is 0 Å². The van der Waals surface area contributed by atoms with Crippen molar-refractivity contribution in [2.24, 2.45) is 5.92 Å². The fraction of sp³-hybridized carbons (Fsp3) is 0.909. The minimum atomic E-state index is -0.152. The van der Waals surface area contributed by atoms with Gasteiger partial charge in [0.05, 0.1) is 12.6 Å². The Morgan fingerprint density at radius 1 is 1.67 bits per heavy atom. The molecule has 0 spiro atoms. The smallest absolute Gasteiger partial charge is 0.237 e. The molecule has 1 aliphatic heterocycles. The van der Waals surface area contributed by atoms with Gasteiger partial charge in [0.1, 0.15) is 0 Å². The maximum atomic E-state index is 11.7. The van der Waals surface area contributed by atoms with Gasteiger partial charge in [-0.2, -0.15) is 0 Å². The molecule has 0 saturated carbocycles. The summed E-state index contributed by atoms with van der Waals surface area (Å²) in [6, 6.07) is -0.223. The number of carbonyl (C=O) groups is 1. The van der Waals surface area contributed by atoms with E-state index >= 15 is 0 Å². The Kier molecular flexibility index (Phi) is 5.05. The average molecular weight is 214 g/mol. The summed E-state index contributed by atoms with van der Waals surface area (Å²) in [5.41, 5.74) is 0. The molecular formula is C11H22N2O2. The predicted octanol–water partition coefficient (Wildman–Crippen LogP) is 0.262. The van der Waals surface area contributed by atoms with Crippen molar-refractivity contribution in [1.29, 1.82) is 0 Å². The molecule has 4 nitrogen and oxygen atoms in total. The molecule has 1 heterocycles. The van der Waals surface area contributed by atoms with Crippen LogP contribution in [0.5, 0.6) is 0 Å². The van der Waals surface area contributed by atoms with Crippen molar-refractivity contribution < 1.29 is 9.90 Å². The third-order valence-corrected chi connectivity index (χ3v) is 3.07. The Bertz CT molecular complexity index is 209. The zero-order chi connectivity index (χ0) is 11.3. The summed E-state index contributed by atoms with van der Waals surface area (Å²) in [5, 5.41) is 14.9. The number of aliphatic hydroxyl groups excluding tert-OH is 1. The summed E-state index contributed by atoms with van der Waals surface area (Å²) in [6.45, 7) is 4.89. The third kappa shape index (κ3) is 3.80. The van der Waals surface area contributed by atoms with Gasteiger partial charge in [-0.25, -0.2) is 0 Å². The fourth-order valence-electron chi connectivity index (χ4n) is 1.96. The molecule has 0 aromatic rings. The van der Waals surface area contributed by atoms with Crippen molar-refractivity contribution in [1.82, 2.24) is 10.6 Å². The first-order chi connectivity index (χ1) is 7.17. The molecule has 3 N–H and O–H groups in total. The van der Waals surface area contributed by atoms with Crippen LogP contribution in [0, 0.1) is 5.92 Å². The third-order valence-electron chi connectivity index (χ3n) is 3.07. The Hall–Kier alpha value is -0.610. The summed E-state index contributed by atoms with van der Waals surface area (Å²) in [7, 11) is 0. The monoisotopic (exact) mass is 214 g/mol. The first-order valence-corrected chi connectivity index (χ1v) is 5.82. The highest BCUT2D eigenvalue weighted by Gasteiger charge is 2.26. The summed E-state index contributed by atoms with van der Waals surface area (Å²) in [5.74, 6) is 0.682. The molecule has 3 atom stereocenters. The maximum absolute atomic E-state index is 11.7. The van der Waals surface area contributed by atoms with Crippen LogP contribution in [0.3, 0.4) is 0 Å². The van der Waals surface area contributed by atoms with Crippen LogP contribution in [0.4, 0.5) is 0 Å². The van der Waals surface area contributed by atoms with Crippen LogP contribution in [-0.4, -0.2) is 36.2 Å². The van der Waals surface area contributed by atoms with E-state index in [0.29, 0.717) is 5.92 Å². The van der Waals surface area contributed by atoms with Crippen LogP contribution >= 0.6 is 0 Å². The second kappa shape index (κ2) is 6.08. The highest BCUT2D eigenvalue weighted by Crippen LogP contribution is 2.19. The van der Waals surface area contributed by atoms with Crippen molar-refractivity contribution in [3.05, 3.63) is 0 Å². The van der Waals surface area contributed by atoms with E-state index in [4.69, 9.17) is 5.11 Å². The molecule has 0 aliphatic carbocycles. The molecule has 1 rings (SSSR count). The highest BCUT2D eigenvalue weighted by molar-refractivity contribution is 5.82. The standard InChI is InChI=1S/C11H22N2O2/c1-3-9-4-5-12-10(6-9)11(15)13-8(2)7-14/h8-10,12,14H,3-7H2,1-2H3,(H,13,15)/t8-,9?,10?/m1/s1. The molecular weight excluding hydrogens is 192 g/mol. The van der Waals surface area contributed by atoms with Gasteiger partial charge in [0.25, 0.3) is 0 Å². The van der Waals surface area contributed by atoms with Gasteiger partial charge in [-0.1, -0.05) is 13.3 Å². The number of piperidine rings is 1. The summed E-state index contributed by atoms with van der Waals surface area (Å²) in [4.78, 5) is 11.7. The molecule has 4 heteroatoms. The molecule has 15 heavy (non-hydrogen) atoms. The summed E-state index contributed by atoms with van der Waals surface area (Å²) >= 11 is 0. The van der Waals surface area contributed by atoms with E-state index in [1.807, 2.05) is 0 Å². The van der Waals surface area contributed by atoms with Gasteiger partial charge in [0.2, 0.25) is 5.91 Å². The lowest BCUT2D eigenvalue weighted by atomic mass is 9.90.